The van der Waals surface area contributed by atoms with E-state index in [4.69, 9.17) is 5.11 Å². The van der Waals surface area contributed by atoms with Gasteiger partial charge in [-0.3, -0.25) is 13.9 Å². The second-order valence-corrected chi connectivity index (χ2v) is 7.38. The number of aromatic hydroxyl groups is 1. The fourth-order valence-electron chi connectivity index (χ4n) is 2.98. The summed E-state index contributed by atoms with van der Waals surface area (Å²) in [5.41, 5.74) is 0.901. The molecule has 0 radical (unpaired) electrons. The van der Waals surface area contributed by atoms with Crippen molar-refractivity contribution in [1.82, 2.24) is 9.13 Å². The molecule has 1 unspecified atom stereocenters. The standard InChI is InChI=1S/C18H24N2O4S2/c1-26-9-5-8-15-17(23)20(18(24)19(15)11-16(21)22)14(12-25)10-13-6-3-2-4-7-13/h2-4,6-7,14,23,25H,5,8-12H2,1H3,(H,21,22). The van der Waals surface area contributed by atoms with Gasteiger partial charge in [-0.25, -0.2) is 4.79 Å². The summed E-state index contributed by atoms with van der Waals surface area (Å²) in [6.45, 7) is -0.460. The van der Waals surface area contributed by atoms with Crippen LogP contribution in [0.1, 0.15) is 23.7 Å². The summed E-state index contributed by atoms with van der Waals surface area (Å²) in [6, 6.07) is 9.28. The molecule has 2 N–H and O–H groups in total. The number of hydrogen-bond acceptors (Lipinski definition) is 5. The zero-order valence-electron chi connectivity index (χ0n) is 14.7. The van der Waals surface area contributed by atoms with E-state index in [1.54, 1.807) is 11.8 Å². The molecule has 0 saturated heterocycles. The van der Waals surface area contributed by atoms with Crippen LogP contribution in [-0.4, -0.2) is 43.1 Å². The molecule has 0 fully saturated rings. The topological polar surface area (TPSA) is 84.5 Å². The van der Waals surface area contributed by atoms with Crippen LogP contribution >= 0.6 is 24.4 Å². The Hall–Kier alpha value is -1.80. The van der Waals surface area contributed by atoms with E-state index in [-0.39, 0.29) is 11.9 Å². The number of carbonyl (C=O) groups is 1. The van der Waals surface area contributed by atoms with Gasteiger partial charge in [0, 0.05) is 5.75 Å². The fraction of sp³-hybridized carbons (Fsp3) is 0.444. The van der Waals surface area contributed by atoms with Crippen LogP contribution in [0, 0.1) is 0 Å². The van der Waals surface area contributed by atoms with Crippen LogP contribution < -0.4 is 5.69 Å². The number of thioether (sulfide) groups is 1. The predicted molar refractivity (Wildman–Crippen MR) is 108 cm³/mol. The number of carboxylic acid groups (broad SMARTS) is 1. The highest BCUT2D eigenvalue weighted by Crippen LogP contribution is 2.25. The Balaban J connectivity index is 2.42. The van der Waals surface area contributed by atoms with Crippen LogP contribution in [0.15, 0.2) is 35.1 Å². The SMILES string of the molecule is CSCCCc1c(O)n(C(CS)Cc2ccccc2)c(=O)n1CC(=O)O. The number of benzene rings is 1. The number of aromatic nitrogens is 2. The number of nitrogens with zero attached hydrogens (tertiary/aromatic N) is 2. The van der Waals surface area contributed by atoms with Crippen LogP contribution in [0.2, 0.25) is 0 Å². The molecule has 26 heavy (non-hydrogen) atoms. The second-order valence-electron chi connectivity index (χ2n) is 6.03. The molecule has 1 aromatic heterocycles. The number of imidazole rings is 1. The number of hydrogen-bond donors (Lipinski definition) is 3. The third-order valence-corrected chi connectivity index (χ3v) is 5.31. The summed E-state index contributed by atoms with van der Waals surface area (Å²) in [4.78, 5) is 24.0. The first-order valence-corrected chi connectivity index (χ1v) is 10.4. The molecule has 0 aliphatic heterocycles. The number of thiol groups is 1. The molecule has 0 aliphatic carbocycles. The van der Waals surface area contributed by atoms with Crippen molar-refractivity contribution in [2.24, 2.45) is 0 Å². The smallest absolute Gasteiger partial charge is 0.332 e. The minimum atomic E-state index is -1.11. The van der Waals surface area contributed by atoms with Crippen molar-refractivity contribution < 1.29 is 15.0 Å². The molecule has 1 heterocycles. The van der Waals surface area contributed by atoms with Crippen molar-refractivity contribution >= 4 is 30.4 Å². The maximum Gasteiger partial charge on any atom is 0.332 e. The molecule has 6 nitrogen and oxygen atoms in total. The van der Waals surface area contributed by atoms with Gasteiger partial charge >= 0.3 is 11.7 Å². The minimum Gasteiger partial charge on any atom is -0.493 e. The first-order chi connectivity index (χ1) is 12.5. The molecular weight excluding hydrogens is 372 g/mol. The summed E-state index contributed by atoms with van der Waals surface area (Å²) in [7, 11) is 0. The average molecular weight is 397 g/mol. The monoisotopic (exact) mass is 396 g/mol. The van der Waals surface area contributed by atoms with Gasteiger partial charge < -0.3 is 10.2 Å². The maximum atomic E-state index is 12.8. The lowest BCUT2D eigenvalue weighted by atomic mass is 10.1. The van der Waals surface area contributed by atoms with Crippen LogP contribution in [0.25, 0.3) is 0 Å². The molecule has 0 amide bonds. The lowest BCUT2D eigenvalue weighted by Gasteiger charge is -2.16. The van der Waals surface area contributed by atoms with E-state index in [1.165, 1.54) is 9.13 Å². The highest BCUT2D eigenvalue weighted by atomic mass is 32.2. The Labute approximate surface area is 162 Å². The number of aliphatic carboxylic acids is 1. The van der Waals surface area contributed by atoms with Gasteiger partial charge in [0.15, 0.2) is 0 Å². The lowest BCUT2D eigenvalue weighted by Crippen LogP contribution is -2.31. The van der Waals surface area contributed by atoms with Crippen molar-refractivity contribution in [2.75, 3.05) is 17.8 Å². The first kappa shape index (κ1) is 20.5. The second kappa shape index (κ2) is 9.78. The van der Waals surface area contributed by atoms with Gasteiger partial charge in [0.2, 0.25) is 5.88 Å². The molecular formula is C18H24N2O4S2. The van der Waals surface area contributed by atoms with Gasteiger partial charge in [-0.1, -0.05) is 30.3 Å². The summed E-state index contributed by atoms with van der Waals surface area (Å²) in [5, 5.41) is 19.8. The van der Waals surface area contributed by atoms with Gasteiger partial charge in [0.1, 0.15) is 6.54 Å². The summed E-state index contributed by atoms with van der Waals surface area (Å²) in [5.74, 6) is -0.0385. The van der Waals surface area contributed by atoms with E-state index >= 15 is 0 Å². The third-order valence-electron chi connectivity index (χ3n) is 4.19. The van der Waals surface area contributed by atoms with E-state index in [0.717, 1.165) is 17.7 Å². The Morgan fingerprint density at radius 2 is 2.00 bits per heavy atom. The van der Waals surface area contributed by atoms with Crippen LogP contribution in [-0.2, 0) is 24.2 Å². The van der Waals surface area contributed by atoms with E-state index < -0.39 is 18.2 Å². The molecule has 0 bridgehead atoms. The van der Waals surface area contributed by atoms with E-state index in [0.29, 0.717) is 24.3 Å². The number of carboxylic acids is 1. The van der Waals surface area contributed by atoms with Crippen LogP contribution in [0.3, 0.4) is 0 Å². The molecule has 0 spiro atoms. The van der Waals surface area contributed by atoms with E-state index in [9.17, 15) is 14.7 Å². The van der Waals surface area contributed by atoms with Crippen molar-refractivity contribution in [1.29, 1.82) is 0 Å². The summed E-state index contributed by atoms with van der Waals surface area (Å²) >= 11 is 6.02. The Morgan fingerprint density at radius 1 is 1.31 bits per heavy atom. The minimum absolute atomic E-state index is 0.146. The highest BCUT2D eigenvalue weighted by Gasteiger charge is 2.25. The molecule has 8 heteroatoms. The predicted octanol–water partition coefficient (Wildman–Crippen LogP) is 2.45. The summed E-state index contributed by atoms with van der Waals surface area (Å²) < 4.78 is 2.46. The Morgan fingerprint density at radius 3 is 2.58 bits per heavy atom. The van der Waals surface area contributed by atoms with Crippen LogP contribution in [0.4, 0.5) is 0 Å². The molecule has 1 aromatic carbocycles. The van der Waals surface area contributed by atoms with Crippen molar-refractivity contribution in [3.05, 3.63) is 52.1 Å². The molecule has 0 saturated carbocycles. The normalized spacial score (nSPS) is 12.2. The van der Waals surface area contributed by atoms with Crippen molar-refractivity contribution in [2.45, 2.75) is 31.8 Å². The molecule has 2 aromatic rings. The van der Waals surface area contributed by atoms with Crippen LogP contribution in [0.5, 0.6) is 5.88 Å². The molecule has 2 rings (SSSR count). The summed E-state index contributed by atoms with van der Waals surface area (Å²) in [6.07, 6.45) is 3.71. The third kappa shape index (κ3) is 4.88. The van der Waals surface area contributed by atoms with Crippen molar-refractivity contribution in [3.63, 3.8) is 0 Å². The molecule has 0 aliphatic rings. The maximum absolute atomic E-state index is 12.8. The van der Waals surface area contributed by atoms with Gasteiger partial charge in [-0.15, -0.1) is 0 Å². The number of rotatable bonds is 10. The van der Waals surface area contributed by atoms with Crippen molar-refractivity contribution in [3.8, 4) is 5.88 Å². The lowest BCUT2D eigenvalue weighted by molar-refractivity contribution is -0.137. The molecule has 1 atom stereocenters. The Kier molecular flexibility index (Phi) is 7.71. The van der Waals surface area contributed by atoms with Gasteiger partial charge in [0.25, 0.3) is 0 Å². The highest BCUT2D eigenvalue weighted by molar-refractivity contribution is 7.98. The fourth-order valence-corrected chi connectivity index (χ4v) is 3.70. The van der Waals surface area contributed by atoms with Gasteiger partial charge in [0.05, 0.1) is 11.7 Å². The zero-order valence-corrected chi connectivity index (χ0v) is 16.4. The quantitative estimate of drug-likeness (QED) is 0.424. The zero-order chi connectivity index (χ0) is 19.1. The first-order valence-electron chi connectivity index (χ1n) is 8.38. The molecule has 142 valence electrons. The largest absolute Gasteiger partial charge is 0.493 e. The Bertz CT molecular complexity index is 786. The van der Waals surface area contributed by atoms with E-state index in [2.05, 4.69) is 12.6 Å². The average Bonchev–Trinajstić information content (AvgIpc) is 2.84. The van der Waals surface area contributed by atoms with E-state index in [1.807, 2.05) is 36.6 Å². The van der Waals surface area contributed by atoms with Gasteiger partial charge in [-0.2, -0.15) is 24.4 Å². The van der Waals surface area contributed by atoms with Gasteiger partial charge in [-0.05, 0) is 36.8 Å².